The Kier molecular flexibility index (Phi) is 2.64. The van der Waals surface area contributed by atoms with E-state index >= 15 is 0 Å². The fraction of sp³-hybridized carbons (Fsp3) is 0.333. The van der Waals surface area contributed by atoms with Crippen LogP contribution in [0, 0.1) is 11.3 Å². The minimum absolute atomic E-state index is 0.0978. The number of ether oxygens (including phenoxy) is 1. The normalized spacial score (nSPS) is 26.3. The molecule has 0 spiro atoms. The van der Waals surface area contributed by atoms with Gasteiger partial charge >= 0.3 is 5.97 Å². The number of esters is 1. The summed E-state index contributed by atoms with van der Waals surface area (Å²) in [6.45, 7) is 3.03. The Balaban J connectivity index is 1.76. The van der Waals surface area contributed by atoms with Crippen LogP contribution in [-0.2, 0) is 9.53 Å². The number of hydrogen-bond acceptors (Lipinski definition) is 3. The van der Waals surface area contributed by atoms with Gasteiger partial charge in [0.1, 0.15) is 5.41 Å². The number of aliphatic imine (C=N–C) groups is 1. The average molecular weight is 279 g/mol. The van der Waals surface area contributed by atoms with Crippen LogP contribution in [0.5, 0.6) is 0 Å². The van der Waals surface area contributed by atoms with Gasteiger partial charge in [-0.3, -0.25) is 9.79 Å². The fourth-order valence-electron chi connectivity index (χ4n) is 3.47. The van der Waals surface area contributed by atoms with Crippen molar-refractivity contribution in [3.05, 3.63) is 48.0 Å². The summed E-state index contributed by atoms with van der Waals surface area (Å²) in [7, 11) is 0. The molecule has 0 amide bonds. The van der Waals surface area contributed by atoms with Crippen LogP contribution in [0.3, 0.4) is 0 Å². The van der Waals surface area contributed by atoms with Crippen LogP contribution in [0.15, 0.2) is 47.5 Å². The SMILES string of the molecule is CCOC(=O)[C@@]12C[C@@H]1CN=C2c1ccc2ccccc2c1. The Hall–Kier alpha value is -2.16. The average Bonchev–Trinajstić information content (AvgIpc) is 3.13. The van der Waals surface area contributed by atoms with Crippen molar-refractivity contribution in [2.75, 3.05) is 13.2 Å². The molecular formula is C18H17NO2. The van der Waals surface area contributed by atoms with E-state index in [0.717, 1.165) is 24.2 Å². The molecule has 0 aromatic heterocycles. The minimum atomic E-state index is -0.460. The number of benzene rings is 2. The zero-order valence-corrected chi connectivity index (χ0v) is 12.0. The summed E-state index contributed by atoms with van der Waals surface area (Å²) in [4.78, 5) is 17.0. The zero-order valence-electron chi connectivity index (χ0n) is 12.0. The number of nitrogens with zero attached hydrogens (tertiary/aromatic N) is 1. The van der Waals surface area contributed by atoms with Crippen molar-refractivity contribution in [1.29, 1.82) is 0 Å². The van der Waals surface area contributed by atoms with Crippen molar-refractivity contribution in [2.45, 2.75) is 13.3 Å². The van der Waals surface area contributed by atoms with Crippen molar-refractivity contribution in [1.82, 2.24) is 0 Å². The van der Waals surface area contributed by atoms with Crippen molar-refractivity contribution in [2.24, 2.45) is 16.3 Å². The molecule has 1 saturated carbocycles. The maximum atomic E-state index is 12.4. The van der Waals surface area contributed by atoms with Crippen molar-refractivity contribution < 1.29 is 9.53 Å². The molecule has 0 saturated heterocycles. The number of rotatable bonds is 3. The van der Waals surface area contributed by atoms with Gasteiger partial charge in [0.05, 0.1) is 12.3 Å². The molecule has 106 valence electrons. The van der Waals surface area contributed by atoms with Gasteiger partial charge in [0.15, 0.2) is 0 Å². The van der Waals surface area contributed by atoms with Crippen molar-refractivity contribution in [3.8, 4) is 0 Å². The Morgan fingerprint density at radius 1 is 1.29 bits per heavy atom. The van der Waals surface area contributed by atoms with Gasteiger partial charge in [0, 0.05) is 12.5 Å². The molecule has 0 N–H and O–H groups in total. The second kappa shape index (κ2) is 4.42. The summed E-state index contributed by atoms with van der Waals surface area (Å²) in [5.74, 6) is 0.248. The smallest absolute Gasteiger partial charge is 0.318 e. The van der Waals surface area contributed by atoms with Crippen molar-refractivity contribution >= 4 is 22.5 Å². The molecule has 1 aliphatic heterocycles. The van der Waals surface area contributed by atoms with Crippen molar-refractivity contribution in [3.63, 3.8) is 0 Å². The Morgan fingerprint density at radius 2 is 2.10 bits per heavy atom. The van der Waals surface area contributed by atoms with E-state index in [9.17, 15) is 4.79 Å². The first-order chi connectivity index (χ1) is 10.3. The fourth-order valence-corrected chi connectivity index (χ4v) is 3.47. The molecular weight excluding hydrogens is 262 g/mol. The maximum Gasteiger partial charge on any atom is 0.318 e. The Bertz CT molecular complexity index is 765. The predicted octanol–water partition coefficient (Wildman–Crippen LogP) is 3.21. The third-order valence-electron chi connectivity index (χ3n) is 4.66. The number of fused-ring (bicyclic) bond motifs is 2. The van der Waals surface area contributed by atoms with Gasteiger partial charge in [0.25, 0.3) is 0 Å². The minimum Gasteiger partial charge on any atom is -0.465 e. The molecule has 3 nitrogen and oxygen atoms in total. The summed E-state index contributed by atoms with van der Waals surface area (Å²) in [5.41, 5.74) is 1.52. The van der Waals surface area contributed by atoms with Gasteiger partial charge < -0.3 is 4.74 Å². The van der Waals surface area contributed by atoms with Crippen LogP contribution in [-0.4, -0.2) is 24.8 Å². The lowest BCUT2D eigenvalue weighted by atomic mass is 9.92. The van der Waals surface area contributed by atoms with Crippen LogP contribution in [0.4, 0.5) is 0 Å². The molecule has 3 heteroatoms. The molecule has 1 fully saturated rings. The quantitative estimate of drug-likeness (QED) is 0.809. The first-order valence-corrected chi connectivity index (χ1v) is 7.47. The first kappa shape index (κ1) is 12.6. The van der Waals surface area contributed by atoms with Crippen LogP contribution >= 0.6 is 0 Å². The molecule has 0 bridgehead atoms. The number of carbonyl (C=O) groups excluding carboxylic acids is 1. The molecule has 4 rings (SSSR count). The number of hydrogen-bond donors (Lipinski definition) is 0. The van der Waals surface area contributed by atoms with E-state index in [1.165, 1.54) is 10.8 Å². The zero-order chi connectivity index (χ0) is 14.4. The maximum absolute atomic E-state index is 12.4. The van der Waals surface area contributed by atoms with E-state index in [-0.39, 0.29) is 5.97 Å². The van der Waals surface area contributed by atoms with Gasteiger partial charge in [-0.15, -0.1) is 0 Å². The van der Waals surface area contributed by atoms with E-state index in [0.29, 0.717) is 12.5 Å². The summed E-state index contributed by atoms with van der Waals surface area (Å²) < 4.78 is 5.29. The van der Waals surface area contributed by atoms with Crippen LogP contribution in [0.1, 0.15) is 18.9 Å². The predicted molar refractivity (Wildman–Crippen MR) is 82.5 cm³/mol. The van der Waals surface area contributed by atoms with E-state index < -0.39 is 5.41 Å². The summed E-state index contributed by atoms with van der Waals surface area (Å²) in [6, 6.07) is 14.6. The van der Waals surface area contributed by atoms with E-state index in [1.807, 2.05) is 19.1 Å². The van der Waals surface area contributed by atoms with Gasteiger partial charge in [0.2, 0.25) is 0 Å². The second-order valence-electron chi connectivity index (χ2n) is 5.84. The highest BCUT2D eigenvalue weighted by Crippen LogP contribution is 2.59. The first-order valence-electron chi connectivity index (χ1n) is 7.47. The number of carbonyl (C=O) groups is 1. The second-order valence-corrected chi connectivity index (χ2v) is 5.84. The molecule has 21 heavy (non-hydrogen) atoms. The van der Waals surface area contributed by atoms with Crippen LogP contribution < -0.4 is 0 Å². The van der Waals surface area contributed by atoms with Gasteiger partial charge in [-0.1, -0.05) is 36.4 Å². The summed E-state index contributed by atoms with van der Waals surface area (Å²) in [5, 5.41) is 2.39. The Labute approximate surface area is 123 Å². The Morgan fingerprint density at radius 3 is 2.86 bits per heavy atom. The standard InChI is InChI=1S/C18H17NO2/c1-2-21-17(20)18-10-15(18)11-19-16(18)14-8-7-12-5-3-4-6-13(12)9-14/h3-9,15H,2,10-11H2,1H3/t15-,18+/m1/s1. The summed E-state index contributed by atoms with van der Waals surface area (Å²) in [6.07, 6.45) is 0.886. The topological polar surface area (TPSA) is 38.7 Å². The third kappa shape index (κ3) is 1.73. The van der Waals surface area contributed by atoms with Gasteiger partial charge in [-0.2, -0.15) is 0 Å². The molecule has 2 aromatic rings. The molecule has 2 aliphatic rings. The highest BCUT2D eigenvalue weighted by atomic mass is 16.5. The summed E-state index contributed by atoms with van der Waals surface area (Å²) >= 11 is 0. The lowest BCUT2D eigenvalue weighted by molar-refractivity contribution is -0.147. The van der Waals surface area contributed by atoms with E-state index in [4.69, 9.17) is 4.74 Å². The largest absolute Gasteiger partial charge is 0.465 e. The lowest BCUT2D eigenvalue weighted by Crippen LogP contribution is -2.28. The molecule has 1 aliphatic carbocycles. The third-order valence-corrected chi connectivity index (χ3v) is 4.66. The molecule has 0 radical (unpaired) electrons. The van der Waals surface area contributed by atoms with E-state index in [2.05, 4.69) is 35.3 Å². The van der Waals surface area contributed by atoms with Gasteiger partial charge in [-0.25, -0.2) is 0 Å². The highest BCUT2D eigenvalue weighted by molar-refractivity contribution is 6.20. The molecule has 2 atom stereocenters. The van der Waals surface area contributed by atoms with Crippen LogP contribution in [0.2, 0.25) is 0 Å². The molecule has 2 aromatic carbocycles. The molecule has 1 heterocycles. The monoisotopic (exact) mass is 279 g/mol. The van der Waals surface area contributed by atoms with E-state index in [1.54, 1.807) is 0 Å². The van der Waals surface area contributed by atoms with Gasteiger partial charge in [-0.05, 0) is 35.7 Å². The molecule has 0 unspecified atom stereocenters. The highest BCUT2D eigenvalue weighted by Gasteiger charge is 2.67. The van der Waals surface area contributed by atoms with Crippen LogP contribution in [0.25, 0.3) is 10.8 Å². The lowest BCUT2D eigenvalue weighted by Gasteiger charge is -2.15.